The van der Waals surface area contributed by atoms with Crippen molar-refractivity contribution in [1.82, 2.24) is 21.3 Å². The summed E-state index contributed by atoms with van der Waals surface area (Å²) in [7, 11) is 0. The van der Waals surface area contributed by atoms with E-state index in [1.165, 1.54) is 0 Å². The van der Waals surface area contributed by atoms with Gasteiger partial charge in [0.2, 0.25) is 23.6 Å². The Balaban J connectivity index is 2.94. The second kappa shape index (κ2) is 15.0. The van der Waals surface area contributed by atoms with Crippen molar-refractivity contribution in [1.29, 1.82) is 0 Å². The van der Waals surface area contributed by atoms with Crippen LogP contribution >= 0.6 is 12.6 Å². The molecule has 1 fully saturated rings. The number of nitrogens with zero attached hydrogens (tertiary/aromatic N) is 1. The Morgan fingerprint density at radius 1 is 1.00 bits per heavy atom. The van der Waals surface area contributed by atoms with Gasteiger partial charge in [0, 0.05) is 18.7 Å². The van der Waals surface area contributed by atoms with Crippen molar-refractivity contribution in [3.8, 4) is 0 Å². The van der Waals surface area contributed by atoms with Gasteiger partial charge in [-0.05, 0) is 38.6 Å². The number of carboxylic acid groups (broad SMARTS) is 1. The molecule has 15 heteroatoms. The van der Waals surface area contributed by atoms with Crippen LogP contribution in [0.3, 0.4) is 0 Å². The molecular formula is C19H34N8O6S. The van der Waals surface area contributed by atoms with E-state index < -0.39 is 53.8 Å². The largest absolute Gasteiger partial charge is 0.480 e. The van der Waals surface area contributed by atoms with E-state index in [1.807, 2.05) is 0 Å². The number of rotatable bonds is 15. The number of carbonyl (C=O) groups is 5. The molecule has 14 nitrogen and oxygen atoms in total. The second-order valence-corrected chi connectivity index (χ2v) is 8.17. The maximum Gasteiger partial charge on any atom is 0.327 e. The fraction of sp³-hybridized carbons (Fsp3) is 0.684. The summed E-state index contributed by atoms with van der Waals surface area (Å²) in [5.41, 5.74) is 15.8. The van der Waals surface area contributed by atoms with E-state index in [0.29, 0.717) is 19.4 Å². The summed E-state index contributed by atoms with van der Waals surface area (Å²) in [6, 6.07) is -4.02. The summed E-state index contributed by atoms with van der Waals surface area (Å²) >= 11 is 3.91. The molecule has 1 rings (SSSR count). The number of aliphatic carboxylic acids is 1. The Morgan fingerprint density at radius 3 is 2.12 bits per heavy atom. The maximum atomic E-state index is 13.0. The van der Waals surface area contributed by atoms with Crippen molar-refractivity contribution in [3.05, 3.63) is 0 Å². The highest BCUT2D eigenvalue weighted by Crippen LogP contribution is 2.08. The Labute approximate surface area is 202 Å². The van der Waals surface area contributed by atoms with Crippen LogP contribution in [0.25, 0.3) is 0 Å². The minimum Gasteiger partial charge on any atom is -0.480 e. The van der Waals surface area contributed by atoms with Gasteiger partial charge in [-0.25, -0.2) is 4.79 Å². The first kappa shape index (κ1) is 29.0. The molecule has 34 heavy (non-hydrogen) atoms. The third-order valence-electron chi connectivity index (χ3n) is 5.06. The van der Waals surface area contributed by atoms with Crippen LogP contribution in [0.4, 0.5) is 0 Å². The number of guanidine groups is 1. The Kier molecular flexibility index (Phi) is 12.7. The van der Waals surface area contributed by atoms with E-state index in [4.69, 9.17) is 17.2 Å². The van der Waals surface area contributed by atoms with Gasteiger partial charge in [-0.3, -0.25) is 24.2 Å². The summed E-state index contributed by atoms with van der Waals surface area (Å²) in [4.78, 5) is 64.5. The zero-order valence-corrected chi connectivity index (χ0v) is 19.7. The van der Waals surface area contributed by atoms with Crippen LogP contribution in [0.2, 0.25) is 0 Å². The summed E-state index contributed by atoms with van der Waals surface area (Å²) in [6.45, 7) is 0.844. The molecule has 1 aliphatic rings. The lowest BCUT2D eigenvalue weighted by Crippen LogP contribution is -2.57. The third-order valence-corrected chi connectivity index (χ3v) is 5.43. The summed E-state index contributed by atoms with van der Waals surface area (Å²) in [5.74, 6) is -4.12. The molecular weight excluding hydrogens is 468 g/mol. The van der Waals surface area contributed by atoms with Crippen LogP contribution in [0, 0.1) is 0 Å². The van der Waals surface area contributed by atoms with Crippen molar-refractivity contribution < 1.29 is 29.1 Å². The van der Waals surface area contributed by atoms with Crippen molar-refractivity contribution in [2.75, 3.05) is 18.8 Å². The van der Waals surface area contributed by atoms with Gasteiger partial charge in [-0.2, -0.15) is 12.6 Å². The fourth-order valence-corrected chi connectivity index (χ4v) is 3.49. The minimum atomic E-state index is -1.29. The number of thiol groups is 1. The van der Waals surface area contributed by atoms with Gasteiger partial charge in [0.05, 0.1) is 6.04 Å². The summed E-state index contributed by atoms with van der Waals surface area (Å²) in [6.07, 6.45) is 1.54. The average molecular weight is 503 g/mol. The molecule has 0 bridgehead atoms. The number of carboxylic acids is 1. The smallest absolute Gasteiger partial charge is 0.327 e. The van der Waals surface area contributed by atoms with Crippen molar-refractivity contribution in [3.63, 3.8) is 0 Å². The molecule has 4 unspecified atom stereocenters. The van der Waals surface area contributed by atoms with Gasteiger partial charge in [0.15, 0.2) is 5.96 Å². The lowest BCUT2D eigenvalue weighted by molar-refractivity contribution is -0.141. The number of amides is 4. The Morgan fingerprint density at radius 2 is 1.62 bits per heavy atom. The molecule has 11 N–H and O–H groups in total. The monoisotopic (exact) mass is 502 g/mol. The van der Waals surface area contributed by atoms with Crippen LogP contribution in [0.5, 0.6) is 0 Å². The molecule has 1 heterocycles. The predicted octanol–water partition coefficient (Wildman–Crippen LogP) is -3.47. The molecule has 4 atom stereocenters. The van der Waals surface area contributed by atoms with E-state index in [0.717, 1.165) is 6.42 Å². The van der Waals surface area contributed by atoms with Crippen molar-refractivity contribution >= 4 is 48.2 Å². The molecule has 0 radical (unpaired) electrons. The number of hydrogen-bond acceptors (Lipinski definition) is 8. The summed E-state index contributed by atoms with van der Waals surface area (Å²) in [5, 5.41) is 19.6. The standard InChI is InChI=1S/C19H34N8O6S/c20-14(28)6-5-12(26-15(29)10-3-1-7-23-10)17(31)25-11(4-2-8-24-19(21)22)16(30)27-13(9-34)18(32)33/h10-13,23,34H,1-9H2,(H2,20,28)(H,25,31)(H,26,29)(H,27,30)(H,32,33)(H4,21,22,24). The zero-order valence-electron chi connectivity index (χ0n) is 18.8. The number of nitrogens with one attached hydrogen (secondary N) is 4. The normalized spacial score (nSPS) is 17.6. The molecule has 0 aromatic heterocycles. The van der Waals surface area contributed by atoms with E-state index in [-0.39, 0.29) is 37.5 Å². The molecule has 1 aliphatic heterocycles. The number of aliphatic imine (C=N–C) groups is 1. The molecule has 0 saturated carbocycles. The van der Waals surface area contributed by atoms with Gasteiger partial charge in [0.25, 0.3) is 0 Å². The second-order valence-electron chi connectivity index (χ2n) is 7.81. The number of hydrogen-bond donors (Lipinski definition) is 9. The van der Waals surface area contributed by atoms with Gasteiger partial charge in [-0.1, -0.05) is 0 Å². The maximum absolute atomic E-state index is 13.0. The summed E-state index contributed by atoms with van der Waals surface area (Å²) < 4.78 is 0. The predicted molar refractivity (Wildman–Crippen MR) is 127 cm³/mol. The Bertz CT molecular complexity index is 770. The lowest BCUT2D eigenvalue weighted by atomic mass is 10.1. The van der Waals surface area contributed by atoms with E-state index in [2.05, 4.69) is 38.9 Å². The number of nitrogens with two attached hydrogens (primary N) is 3. The van der Waals surface area contributed by atoms with Crippen LogP contribution in [0.1, 0.15) is 38.5 Å². The van der Waals surface area contributed by atoms with Crippen LogP contribution in [-0.2, 0) is 24.0 Å². The highest BCUT2D eigenvalue weighted by molar-refractivity contribution is 7.80. The molecule has 0 aliphatic carbocycles. The van der Waals surface area contributed by atoms with E-state index in [1.54, 1.807) is 0 Å². The molecule has 1 saturated heterocycles. The molecule has 4 amide bonds. The zero-order chi connectivity index (χ0) is 25.7. The highest BCUT2D eigenvalue weighted by Gasteiger charge is 2.31. The van der Waals surface area contributed by atoms with E-state index in [9.17, 15) is 29.1 Å². The Hall–Kier alpha value is -3.07. The molecule has 0 aromatic rings. The van der Waals surface area contributed by atoms with Gasteiger partial charge < -0.3 is 43.6 Å². The highest BCUT2D eigenvalue weighted by atomic mass is 32.1. The fourth-order valence-electron chi connectivity index (χ4n) is 3.24. The first-order valence-electron chi connectivity index (χ1n) is 10.9. The topological polar surface area (TPSA) is 244 Å². The van der Waals surface area contributed by atoms with Gasteiger partial charge in [0.1, 0.15) is 18.1 Å². The number of carbonyl (C=O) groups excluding carboxylic acids is 4. The quantitative estimate of drug-likeness (QED) is 0.0466. The number of primary amides is 1. The van der Waals surface area contributed by atoms with Crippen LogP contribution < -0.4 is 38.5 Å². The van der Waals surface area contributed by atoms with Gasteiger partial charge >= 0.3 is 5.97 Å². The minimum absolute atomic E-state index is 0.0731. The SMILES string of the molecule is NC(=O)CCC(NC(=O)C1CCCN1)C(=O)NC(CCCN=C(N)N)C(=O)NC(CS)C(=O)O. The van der Waals surface area contributed by atoms with E-state index >= 15 is 0 Å². The third kappa shape index (κ3) is 10.7. The first-order chi connectivity index (χ1) is 16.0. The van der Waals surface area contributed by atoms with Crippen LogP contribution in [0.15, 0.2) is 4.99 Å². The van der Waals surface area contributed by atoms with Crippen LogP contribution in [-0.4, -0.2) is 83.7 Å². The average Bonchev–Trinajstić information content (AvgIpc) is 3.31. The molecule has 0 aromatic carbocycles. The lowest BCUT2D eigenvalue weighted by Gasteiger charge is -2.25. The first-order valence-corrected chi connectivity index (χ1v) is 11.5. The van der Waals surface area contributed by atoms with Crippen molar-refractivity contribution in [2.24, 2.45) is 22.2 Å². The van der Waals surface area contributed by atoms with Crippen molar-refractivity contribution in [2.45, 2.75) is 62.7 Å². The molecule has 0 spiro atoms. The molecule has 192 valence electrons. The van der Waals surface area contributed by atoms with Gasteiger partial charge in [-0.15, -0.1) is 0 Å².